The summed E-state index contributed by atoms with van der Waals surface area (Å²) in [7, 11) is -3.38. The van der Waals surface area contributed by atoms with Crippen LogP contribution in [0, 0.1) is 6.92 Å². The average molecular weight is 427 g/mol. The van der Waals surface area contributed by atoms with Crippen LogP contribution in [-0.4, -0.2) is 31.7 Å². The Morgan fingerprint density at radius 1 is 1.22 bits per heavy atom. The number of nitrogens with one attached hydrogen (secondary N) is 1. The molecule has 0 atom stereocenters. The zero-order valence-electron chi connectivity index (χ0n) is 15.2. The highest BCUT2D eigenvalue weighted by atomic mass is 35.5. The molecule has 2 aromatic rings. The van der Waals surface area contributed by atoms with Crippen molar-refractivity contribution < 1.29 is 13.2 Å². The fourth-order valence-corrected chi connectivity index (χ4v) is 6.14. The van der Waals surface area contributed by atoms with Crippen molar-refractivity contribution in [2.24, 2.45) is 0 Å². The quantitative estimate of drug-likeness (QED) is 0.733. The van der Waals surface area contributed by atoms with Crippen LogP contribution in [0.4, 0.5) is 0 Å². The number of carbonyl (C=O) groups is 1. The molecule has 3 rings (SSSR count). The fourth-order valence-electron chi connectivity index (χ4n) is 2.97. The van der Waals surface area contributed by atoms with Gasteiger partial charge < -0.3 is 5.32 Å². The molecule has 0 radical (unpaired) electrons. The molecule has 1 aromatic heterocycles. The first kappa shape index (κ1) is 20.3. The summed E-state index contributed by atoms with van der Waals surface area (Å²) in [6.45, 7) is 3.47. The molecule has 1 amide bonds. The van der Waals surface area contributed by atoms with Crippen LogP contribution in [0.3, 0.4) is 0 Å². The third-order valence-electron chi connectivity index (χ3n) is 4.63. The molecule has 1 aliphatic heterocycles. The Balaban J connectivity index is 1.50. The van der Waals surface area contributed by atoms with Gasteiger partial charge in [-0.25, -0.2) is 8.42 Å². The van der Waals surface area contributed by atoms with E-state index in [-0.39, 0.29) is 5.91 Å². The molecule has 1 N–H and O–H groups in total. The molecule has 5 nitrogen and oxygen atoms in total. The smallest absolute Gasteiger partial charge is 0.252 e. The largest absolute Gasteiger partial charge is 0.351 e. The van der Waals surface area contributed by atoms with Crippen molar-refractivity contribution in [3.05, 3.63) is 51.4 Å². The van der Waals surface area contributed by atoms with Crippen molar-refractivity contribution in [2.75, 3.05) is 13.1 Å². The lowest BCUT2D eigenvalue weighted by molar-refractivity contribution is -0.121. The van der Waals surface area contributed by atoms with Gasteiger partial charge in [-0.2, -0.15) is 4.31 Å². The number of thiophene rings is 1. The van der Waals surface area contributed by atoms with Crippen LogP contribution in [0.2, 0.25) is 5.02 Å². The summed E-state index contributed by atoms with van der Waals surface area (Å²) in [6.07, 6.45) is 2.81. The molecule has 0 spiro atoms. The highest BCUT2D eigenvalue weighted by Crippen LogP contribution is 2.27. The molecule has 0 saturated carbocycles. The molecule has 1 aliphatic rings. The van der Waals surface area contributed by atoms with Crippen LogP contribution in [0.1, 0.15) is 35.3 Å². The van der Waals surface area contributed by atoms with Gasteiger partial charge >= 0.3 is 0 Å². The summed E-state index contributed by atoms with van der Waals surface area (Å²) in [6, 6.07) is 9.22. The number of amides is 1. The number of rotatable bonds is 7. The molecule has 0 aliphatic carbocycles. The van der Waals surface area contributed by atoms with Gasteiger partial charge in [0.2, 0.25) is 5.91 Å². The van der Waals surface area contributed by atoms with Gasteiger partial charge in [-0.1, -0.05) is 23.7 Å². The molecule has 0 bridgehead atoms. The predicted octanol–water partition coefficient (Wildman–Crippen LogP) is 3.74. The van der Waals surface area contributed by atoms with Crippen molar-refractivity contribution in [1.82, 2.24) is 9.62 Å². The second-order valence-corrected chi connectivity index (χ2v) is 10.4. The summed E-state index contributed by atoms with van der Waals surface area (Å²) in [5.41, 5.74) is 2.04. The number of sulfonamides is 1. The molecule has 8 heteroatoms. The van der Waals surface area contributed by atoms with Gasteiger partial charge in [0.05, 0.1) is 6.54 Å². The van der Waals surface area contributed by atoms with Crippen molar-refractivity contribution >= 4 is 38.9 Å². The van der Waals surface area contributed by atoms with Gasteiger partial charge in [0, 0.05) is 29.4 Å². The minimum absolute atomic E-state index is 0.0657. The second kappa shape index (κ2) is 8.73. The maximum Gasteiger partial charge on any atom is 0.252 e. The van der Waals surface area contributed by atoms with Crippen molar-refractivity contribution in [3.8, 4) is 0 Å². The number of nitrogens with zero attached hydrogens (tertiary/aromatic N) is 1. The van der Waals surface area contributed by atoms with E-state index in [1.165, 1.54) is 15.6 Å². The Morgan fingerprint density at radius 3 is 2.67 bits per heavy atom. The van der Waals surface area contributed by atoms with Crippen molar-refractivity contribution in [2.45, 2.75) is 43.4 Å². The zero-order valence-corrected chi connectivity index (χ0v) is 17.6. The number of benzene rings is 1. The maximum absolute atomic E-state index is 12.5. The number of hydrogen-bond acceptors (Lipinski definition) is 4. The Hall–Kier alpha value is -1.41. The minimum Gasteiger partial charge on any atom is -0.351 e. The fraction of sp³-hybridized carbons (Fsp3) is 0.421. The van der Waals surface area contributed by atoms with Crippen molar-refractivity contribution in [3.63, 3.8) is 0 Å². The number of aryl methyl sites for hydroxylation is 2. The molecule has 146 valence electrons. The first-order chi connectivity index (χ1) is 12.9. The van der Waals surface area contributed by atoms with E-state index < -0.39 is 10.0 Å². The molecule has 2 heterocycles. The first-order valence-corrected chi connectivity index (χ1v) is 11.6. The van der Waals surface area contributed by atoms with E-state index in [9.17, 15) is 13.2 Å². The van der Waals surface area contributed by atoms with E-state index in [1.54, 1.807) is 12.1 Å². The van der Waals surface area contributed by atoms with Gasteiger partial charge in [0.1, 0.15) is 4.21 Å². The van der Waals surface area contributed by atoms with Crippen LogP contribution in [-0.2, 0) is 27.8 Å². The standard InChI is InChI=1S/C19H23ClN2O3S2/c1-14-4-5-15(12-17(14)20)6-8-18(23)21-13-16-7-9-19(26-16)27(24,25)22-10-2-3-11-22/h4-5,7,9,12H,2-3,6,8,10-11,13H2,1H3,(H,21,23). The van der Waals surface area contributed by atoms with Gasteiger partial charge in [0.25, 0.3) is 10.0 Å². The zero-order chi connectivity index (χ0) is 19.4. The lowest BCUT2D eigenvalue weighted by Gasteiger charge is -2.13. The van der Waals surface area contributed by atoms with Crippen LogP contribution >= 0.6 is 22.9 Å². The lowest BCUT2D eigenvalue weighted by atomic mass is 10.1. The number of hydrogen-bond donors (Lipinski definition) is 1. The first-order valence-electron chi connectivity index (χ1n) is 8.97. The summed E-state index contributed by atoms with van der Waals surface area (Å²) in [5, 5.41) is 3.57. The lowest BCUT2D eigenvalue weighted by Crippen LogP contribution is -2.27. The average Bonchev–Trinajstić information content (AvgIpc) is 3.33. The minimum atomic E-state index is -3.38. The molecular weight excluding hydrogens is 404 g/mol. The van der Waals surface area contributed by atoms with E-state index in [0.717, 1.165) is 28.8 Å². The molecule has 1 aromatic carbocycles. The van der Waals surface area contributed by atoms with Crippen LogP contribution in [0.25, 0.3) is 0 Å². The molecule has 1 fully saturated rings. The van der Waals surface area contributed by atoms with Gasteiger partial charge in [-0.3, -0.25) is 4.79 Å². The third kappa shape index (κ3) is 5.10. The Kier molecular flexibility index (Phi) is 6.57. The van der Waals surface area contributed by atoms with Crippen LogP contribution in [0.15, 0.2) is 34.5 Å². The van der Waals surface area contributed by atoms with E-state index in [4.69, 9.17) is 11.6 Å². The second-order valence-electron chi connectivity index (χ2n) is 6.69. The normalized spacial score (nSPS) is 15.2. The molecule has 0 unspecified atom stereocenters. The van der Waals surface area contributed by atoms with E-state index >= 15 is 0 Å². The number of halogens is 1. The van der Waals surface area contributed by atoms with Gasteiger partial charge in [0.15, 0.2) is 0 Å². The molecule has 27 heavy (non-hydrogen) atoms. The van der Waals surface area contributed by atoms with Crippen LogP contribution in [0.5, 0.6) is 0 Å². The van der Waals surface area contributed by atoms with Crippen LogP contribution < -0.4 is 5.32 Å². The Morgan fingerprint density at radius 2 is 1.96 bits per heavy atom. The summed E-state index contributed by atoms with van der Waals surface area (Å²) in [5.74, 6) is -0.0657. The van der Waals surface area contributed by atoms with Gasteiger partial charge in [-0.05, 0) is 55.5 Å². The molecular formula is C19H23ClN2O3S2. The maximum atomic E-state index is 12.5. The Bertz CT molecular complexity index is 919. The molecule has 1 saturated heterocycles. The summed E-state index contributed by atoms with van der Waals surface area (Å²) < 4.78 is 27.0. The topological polar surface area (TPSA) is 66.5 Å². The summed E-state index contributed by atoms with van der Waals surface area (Å²) in [4.78, 5) is 12.9. The Labute approximate surface area is 169 Å². The highest BCUT2D eigenvalue weighted by molar-refractivity contribution is 7.91. The SMILES string of the molecule is Cc1ccc(CCC(=O)NCc2ccc(S(=O)(=O)N3CCCC3)s2)cc1Cl. The summed E-state index contributed by atoms with van der Waals surface area (Å²) >= 11 is 7.33. The van der Waals surface area contributed by atoms with E-state index in [1.807, 2.05) is 25.1 Å². The third-order valence-corrected chi connectivity index (χ3v) is 8.49. The monoisotopic (exact) mass is 426 g/mol. The predicted molar refractivity (Wildman–Crippen MR) is 109 cm³/mol. The highest BCUT2D eigenvalue weighted by Gasteiger charge is 2.28. The van der Waals surface area contributed by atoms with Gasteiger partial charge in [-0.15, -0.1) is 11.3 Å². The van der Waals surface area contributed by atoms with E-state index in [2.05, 4.69) is 5.32 Å². The van der Waals surface area contributed by atoms with E-state index in [0.29, 0.717) is 41.7 Å². The number of carbonyl (C=O) groups excluding carboxylic acids is 1. The van der Waals surface area contributed by atoms with Crippen molar-refractivity contribution in [1.29, 1.82) is 0 Å².